The van der Waals surface area contributed by atoms with Crippen molar-refractivity contribution >= 4 is 17.4 Å². The van der Waals surface area contributed by atoms with Gasteiger partial charge in [-0.2, -0.15) is 0 Å². The fourth-order valence-corrected chi connectivity index (χ4v) is 2.44. The monoisotopic (exact) mass is 240 g/mol. The molecule has 0 aliphatic carbocycles. The van der Waals surface area contributed by atoms with Gasteiger partial charge in [-0.25, -0.2) is 0 Å². The molecule has 3 rings (SSSR count). The number of nitrogens with zero attached hydrogens (tertiary/aromatic N) is 3. The molecule has 0 unspecified atom stereocenters. The maximum atomic E-state index is 5.73. The molecule has 6 heteroatoms. The summed E-state index contributed by atoms with van der Waals surface area (Å²) in [6, 6.07) is 4.05. The highest BCUT2D eigenvalue weighted by atomic mass is 35.5. The maximum Gasteiger partial charge on any atom is 0.151 e. The number of fused-ring (bicyclic) bond motifs is 1. The van der Waals surface area contributed by atoms with E-state index in [-0.39, 0.29) is 6.10 Å². The topological polar surface area (TPSA) is 50.3 Å². The second-order valence-electron chi connectivity index (χ2n) is 4.04. The van der Waals surface area contributed by atoms with Crippen LogP contribution in [-0.4, -0.2) is 48.6 Å². The average Bonchev–Trinajstić information content (AvgIpc) is 2.78. The Balaban J connectivity index is 1.85. The number of rotatable bonds is 1. The van der Waals surface area contributed by atoms with Crippen LogP contribution in [-0.2, 0) is 4.74 Å². The van der Waals surface area contributed by atoms with Crippen LogP contribution >= 0.6 is 11.6 Å². The Morgan fingerprint density at radius 3 is 3.12 bits per heavy atom. The highest BCUT2D eigenvalue weighted by molar-refractivity contribution is 6.29. The number of aromatic nitrogens is 2. The molecule has 2 aliphatic rings. The van der Waals surface area contributed by atoms with Gasteiger partial charge in [-0.3, -0.25) is 0 Å². The maximum absolute atomic E-state index is 5.73. The molecule has 2 saturated heterocycles. The number of anilines is 1. The third-order valence-electron chi connectivity index (χ3n) is 3.10. The molecule has 0 bridgehead atoms. The summed E-state index contributed by atoms with van der Waals surface area (Å²) >= 11 is 5.73. The second-order valence-corrected chi connectivity index (χ2v) is 4.43. The number of hydrogen-bond donors (Lipinski definition) is 1. The minimum Gasteiger partial charge on any atom is -0.373 e. The molecule has 2 aliphatic heterocycles. The van der Waals surface area contributed by atoms with Gasteiger partial charge in [0.2, 0.25) is 0 Å². The molecule has 86 valence electrons. The molecule has 1 aromatic heterocycles. The summed E-state index contributed by atoms with van der Waals surface area (Å²) < 4.78 is 5.70. The minimum absolute atomic E-state index is 0.270. The largest absolute Gasteiger partial charge is 0.373 e. The SMILES string of the molecule is Clc1ccc(N2CCO[C@H]3CNC[C@H]32)nn1. The summed E-state index contributed by atoms with van der Waals surface area (Å²) in [5.41, 5.74) is 0. The zero-order valence-corrected chi connectivity index (χ0v) is 9.52. The Bertz CT molecular complexity index is 372. The molecular formula is C10H13ClN4O. The van der Waals surface area contributed by atoms with Crippen molar-refractivity contribution in [1.29, 1.82) is 0 Å². The molecule has 0 saturated carbocycles. The Kier molecular flexibility index (Phi) is 2.67. The first-order valence-corrected chi connectivity index (χ1v) is 5.80. The number of halogens is 1. The fourth-order valence-electron chi connectivity index (χ4n) is 2.34. The molecule has 2 atom stereocenters. The lowest BCUT2D eigenvalue weighted by molar-refractivity contribution is 0.0346. The standard InChI is InChI=1S/C10H13ClN4O/c11-9-1-2-10(14-13-9)15-3-4-16-8-6-12-5-7(8)15/h1-2,7-8,12H,3-6H2/t7-,8+/m1/s1. The Hall–Kier alpha value is -0.910. The third-order valence-corrected chi connectivity index (χ3v) is 3.31. The van der Waals surface area contributed by atoms with E-state index in [4.69, 9.17) is 16.3 Å². The third kappa shape index (κ3) is 1.75. The van der Waals surface area contributed by atoms with E-state index in [0.717, 1.165) is 32.1 Å². The first-order chi connectivity index (χ1) is 7.84. The van der Waals surface area contributed by atoms with E-state index in [9.17, 15) is 0 Å². The van der Waals surface area contributed by atoms with E-state index >= 15 is 0 Å². The van der Waals surface area contributed by atoms with Crippen LogP contribution in [0.15, 0.2) is 12.1 Å². The predicted octanol–water partition coefficient (Wildman–Crippen LogP) is 0.307. The zero-order valence-electron chi connectivity index (χ0n) is 8.77. The first kappa shape index (κ1) is 10.3. The molecule has 1 N–H and O–H groups in total. The summed E-state index contributed by atoms with van der Waals surface area (Å²) in [6.45, 7) is 3.46. The first-order valence-electron chi connectivity index (χ1n) is 5.43. The van der Waals surface area contributed by atoms with Crippen LogP contribution in [0.5, 0.6) is 0 Å². The normalized spacial score (nSPS) is 29.2. The Labute approximate surface area is 98.7 Å². The molecule has 0 spiro atoms. The summed E-state index contributed by atoms with van der Waals surface area (Å²) in [5.74, 6) is 0.881. The van der Waals surface area contributed by atoms with Crippen molar-refractivity contribution in [2.75, 3.05) is 31.1 Å². The number of ether oxygens (including phenoxy) is 1. The van der Waals surface area contributed by atoms with Crippen molar-refractivity contribution in [3.8, 4) is 0 Å². The molecule has 5 nitrogen and oxygen atoms in total. The molecule has 16 heavy (non-hydrogen) atoms. The van der Waals surface area contributed by atoms with E-state index in [0.29, 0.717) is 11.2 Å². The molecule has 2 fully saturated rings. The smallest absolute Gasteiger partial charge is 0.151 e. The molecule has 0 amide bonds. The van der Waals surface area contributed by atoms with E-state index < -0.39 is 0 Å². The van der Waals surface area contributed by atoms with Gasteiger partial charge in [0.25, 0.3) is 0 Å². The van der Waals surface area contributed by atoms with E-state index in [2.05, 4.69) is 20.4 Å². The van der Waals surface area contributed by atoms with Crippen LogP contribution in [0.4, 0.5) is 5.82 Å². The van der Waals surface area contributed by atoms with Crippen molar-refractivity contribution in [1.82, 2.24) is 15.5 Å². The minimum atomic E-state index is 0.270. The van der Waals surface area contributed by atoms with Crippen molar-refractivity contribution < 1.29 is 4.74 Å². The molecule has 3 heterocycles. The van der Waals surface area contributed by atoms with Gasteiger partial charge in [0.05, 0.1) is 18.8 Å². The van der Waals surface area contributed by atoms with E-state index in [1.807, 2.05) is 6.07 Å². The average molecular weight is 241 g/mol. The van der Waals surface area contributed by atoms with Crippen molar-refractivity contribution in [2.24, 2.45) is 0 Å². The van der Waals surface area contributed by atoms with Gasteiger partial charge in [-0.05, 0) is 12.1 Å². The molecular weight excluding hydrogens is 228 g/mol. The van der Waals surface area contributed by atoms with Crippen LogP contribution < -0.4 is 10.2 Å². The van der Waals surface area contributed by atoms with Crippen LogP contribution in [0.1, 0.15) is 0 Å². The van der Waals surface area contributed by atoms with Crippen LogP contribution in [0.2, 0.25) is 5.15 Å². The van der Waals surface area contributed by atoms with Gasteiger partial charge in [0.15, 0.2) is 11.0 Å². The quantitative estimate of drug-likeness (QED) is 0.766. The van der Waals surface area contributed by atoms with Gasteiger partial charge in [-0.15, -0.1) is 10.2 Å². The van der Waals surface area contributed by atoms with Gasteiger partial charge in [-0.1, -0.05) is 11.6 Å². The molecule has 1 aromatic rings. The fraction of sp³-hybridized carbons (Fsp3) is 0.600. The van der Waals surface area contributed by atoms with Gasteiger partial charge in [0, 0.05) is 19.6 Å². The van der Waals surface area contributed by atoms with Crippen molar-refractivity contribution in [3.05, 3.63) is 17.3 Å². The Morgan fingerprint density at radius 2 is 2.31 bits per heavy atom. The lowest BCUT2D eigenvalue weighted by Crippen LogP contribution is -2.51. The highest BCUT2D eigenvalue weighted by Crippen LogP contribution is 2.23. The van der Waals surface area contributed by atoms with Crippen molar-refractivity contribution in [3.63, 3.8) is 0 Å². The van der Waals surface area contributed by atoms with Gasteiger partial charge >= 0.3 is 0 Å². The lowest BCUT2D eigenvalue weighted by Gasteiger charge is -2.37. The number of morpholine rings is 1. The molecule has 0 aromatic carbocycles. The summed E-state index contributed by atoms with van der Waals surface area (Å²) in [6.07, 6.45) is 0.270. The second kappa shape index (κ2) is 4.16. The van der Waals surface area contributed by atoms with Crippen LogP contribution in [0.3, 0.4) is 0 Å². The summed E-state index contributed by atoms with van der Waals surface area (Å²) in [7, 11) is 0. The highest BCUT2D eigenvalue weighted by Gasteiger charge is 2.36. The molecule has 0 radical (unpaired) electrons. The number of nitrogens with one attached hydrogen (secondary N) is 1. The van der Waals surface area contributed by atoms with E-state index in [1.165, 1.54) is 0 Å². The number of hydrogen-bond acceptors (Lipinski definition) is 5. The van der Waals surface area contributed by atoms with E-state index in [1.54, 1.807) is 6.07 Å². The van der Waals surface area contributed by atoms with Crippen LogP contribution in [0, 0.1) is 0 Å². The van der Waals surface area contributed by atoms with Gasteiger partial charge in [0.1, 0.15) is 0 Å². The summed E-state index contributed by atoms with van der Waals surface area (Å²) in [5, 5.41) is 11.8. The van der Waals surface area contributed by atoms with Gasteiger partial charge < -0.3 is 15.0 Å². The zero-order chi connectivity index (χ0) is 11.0. The predicted molar refractivity (Wildman–Crippen MR) is 60.8 cm³/mol. The Morgan fingerprint density at radius 1 is 1.38 bits per heavy atom. The summed E-state index contributed by atoms with van der Waals surface area (Å²) in [4.78, 5) is 2.25. The van der Waals surface area contributed by atoms with Crippen molar-refractivity contribution in [2.45, 2.75) is 12.1 Å². The lowest BCUT2D eigenvalue weighted by atomic mass is 10.1. The van der Waals surface area contributed by atoms with Crippen LogP contribution in [0.25, 0.3) is 0 Å².